The normalized spacial score (nSPS) is 20.0. The van der Waals surface area contributed by atoms with Crippen LogP contribution in [-0.2, 0) is 6.42 Å². The number of benzene rings is 1. The number of hydrogen-bond donors (Lipinski definition) is 3. The maximum absolute atomic E-state index is 13.1. The van der Waals surface area contributed by atoms with E-state index in [0.29, 0.717) is 42.5 Å². The summed E-state index contributed by atoms with van der Waals surface area (Å²) < 4.78 is 31.6. The zero-order chi connectivity index (χ0) is 24.1. The minimum absolute atomic E-state index is 0.0963. The molecule has 33 heavy (non-hydrogen) atoms. The van der Waals surface area contributed by atoms with E-state index in [2.05, 4.69) is 26.7 Å². The number of alkyl halides is 2. The highest BCUT2D eigenvalue weighted by molar-refractivity contribution is 5.54. The van der Waals surface area contributed by atoms with Crippen LogP contribution in [0, 0.1) is 16.7 Å². The number of aliphatic hydroxyl groups excluding tert-OH is 1. The topological polar surface area (TPSA) is 103 Å². The molecule has 9 heteroatoms. The van der Waals surface area contributed by atoms with Gasteiger partial charge in [0.05, 0.1) is 12.3 Å². The summed E-state index contributed by atoms with van der Waals surface area (Å²) in [5.41, 5.74) is 0.932. The molecule has 1 aliphatic carbocycles. The van der Waals surface area contributed by atoms with E-state index in [1.54, 1.807) is 12.1 Å². The minimum Gasteiger partial charge on any atom is -0.487 e. The number of hydrogen-bond acceptors (Lipinski definition) is 7. The molecule has 0 radical (unpaired) electrons. The molecule has 3 N–H and O–H groups in total. The molecule has 1 aromatic carbocycles. The molecule has 0 saturated heterocycles. The quantitative estimate of drug-likeness (QED) is 0.511. The summed E-state index contributed by atoms with van der Waals surface area (Å²) in [7, 11) is 0. The molecule has 0 spiro atoms. The zero-order valence-corrected chi connectivity index (χ0v) is 19.2. The van der Waals surface area contributed by atoms with Gasteiger partial charge in [-0.2, -0.15) is 10.2 Å². The van der Waals surface area contributed by atoms with E-state index in [1.807, 2.05) is 26.0 Å². The maximum atomic E-state index is 13.1. The van der Waals surface area contributed by atoms with Crippen LogP contribution in [0.4, 0.5) is 20.5 Å². The molecule has 1 aliphatic rings. The average molecular weight is 460 g/mol. The van der Waals surface area contributed by atoms with Crippen LogP contribution in [-0.4, -0.2) is 46.3 Å². The standard InChI is InChI=1S/C24H31F2N5O2/c1-23(2)12-18(8-9-20(23)32)30-21-17(13-27)14-29-22(31-21)28-11-10-16-6-4-5-7-19(16)33-15-24(3,25)26/h4-7,14,18,20,32H,8-12,15H2,1-3H3,(H2,28,29,30,31)/t18-,20+/m1/s1. The van der Waals surface area contributed by atoms with Crippen molar-refractivity contribution in [3.63, 3.8) is 0 Å². The van der Waals surface area contributed by atoms with Crippen LogP contribution < -0.4 is 15.4 Å². The van der Waals surface area contributed by atoms with Crippen molar-refractivity contribution in [3.8, 4) is 11.8 Å². The van der Waals surface area contributed by atoms with Crippen LogP contribution in [0.5, 0.6) is 5.75 Å². The van der Waals surface area contributed by atoms with Crippen molar-refractivity contribution < 1.29 is 18.6 Å². The second-order valence-corrected chi connectivity index (χ2v) is 9.34. The average Bonchev–Trinajstić information content (AvgIpc) is 2.75. The molecule has 0 unspecified atom stereocenters. The smallest absolute Gasteiger partial charge is 0.278 e. The number of anilines is 2. The molecule has 2 atom stereocenters. The SMILES string of the molecule is CC(F)(F)COc1ccccc1CCNc1ncc(C#N)c(N[C@@H]2CC[C@H](O)C(C)(C)C2)n1. The Labute approximate surface area is 193 Å². The number of ether oxygens (including phenoxy) is 1. The Morgan fingerprint density at radius 2 is 2.06 bits per heavy atom. The van der Waals surface area contributed by atoms with E-state index in [4.69, 9.17) is 4.74 Å². The second-order valence-electron chi connectivity index (χ2n) is 9.34. The Hall–Kier alpha value is -2.99. The molecule has 1 aromatic heterocycles. The lowest BCUT2D eigenvalue weighted by molar-refractivity contribution is -0.0231. The molecular weight excluding hydrogens is 428 g/mol. The Morgan fingerprint density at radius 1 is 1.30 bits per heavy atom. The van der Waals surface area contributed by atoms with Crippen molar-refractivity contribution in [2.75, 3.05) is 23.8 Å². The van der Waals surface area contributed by atoms with Gasteiger partial charge in [-0.25, -0.2) is 13.8 Å². The highest BCUT2D eigenvalue weighted by Gasteiger charge is 2.36. The number of nitrogens with one attached hydrogen (secondary N) is 2. The summed E-state index contributed by atoms with van der Waals surface area (Å²) in [4.78, 5) is 8.69. The van der Waals surface area contributed by atoms with Crippen LogP contribution in [0.3, 0.4) is 0 Å². The molecule has 0 bridgehead atoms. The van der Waals surface area contributed by atoms with Crippen molar-refractivity contribution in [1.82, 2.24) is 9.97 Å². The van der Waals surface area contributed by atoms with E-state index in [1.165, 1.54) is 6.20 Å². The number of halogens is 2. The maximum Gasteiger partial charge on any atom is 0.278 e. The van der Waals surface area contributed by atoms with Crippen LogP contribution in [0.15, 0.2) is 30.5 Å². The largest absolute Gasteiger partial charge is 0.487 e. The van der Waals surface area contributed by atoms with Crippen molar-refractivity contribution in [2.24, 2.45) is 5.41 Å². The lowest BCUT2D eigenvalue weighted by Gasteiger charge is -2.40. The zero-order valence-electron chi connectivity index (χ0n) is 19.2. The molecular formula is C24H31F2N5O2. The van der Waals surface area contributed by atoms with Gasteiger partial charge in [-0.15, -0.1) is 0 Å². The highest BCUT2D eigenvalue weighted by Crippen LogP contribution is 2.37. The Kier molecular flexibility index (Phi) is 7.69. The number of aromatic nitrogens is 2. The molecule has 0 aliphatic heterocycles. The highest BCUT2D eigenvalue weighted by atomic mass is 19.3. The van der Waals surface area contributed by atoms with Crippen molar-refractivity contribution in [2.45, 2.75) is 64.5 Å². The summed E-state index contributed by atoms with van der Waals surface area (Å²) in [6.07, 6.45) is 3.89. The molecule has 1 saturated carbocycles. The third-order valence-corrected chi connectivity index (χ3v) is 5.84. The molecule has 178 valence electrons. The van der Waals surface area contributed by atoms with Gasteiger partial charge < -0.3 is 20.5 Å². The third kappa shape index (κ3) is 6.99. The van der Waals surface area contributed by atoms with Gasteiger partial charge in [0.25, 0.3) is 5.92 Å². The molecule has 1 fully saturated rings. The van der Waals surface area contributed by atoms with Crippen LogP contribution in [0.2, 0.25) is 0 Å². The lowest BCUT2D eigenvalue weighted by atomic mass is 9.73. The number of para-hydroxylation sites is 1. The van der Waals surface area contributed by atoms with Gasteiger partial charge in [-0.05, 0) is 42.7 Å². The van der Waals surface area contributed by atoms with Gasteiger partial charge in [-0.1, -0.05) is 32.0 Å². The summed E-state index contributed by atoms with van der Waals surface area (Å²) in [5, 5.41) is 26.1. The Bertz CT molecular complexity index is 988. The van der Waals surface area contributed by atoms with Crippen LogP contribution >= 0.6 is 0 Å². The molecule has 1 heterocycles. The van der Waals surface area contributed by atoms with Crippen molar-refractivity contribution in [1.29, 1.82) is 5.26 Å². The molecule has 7 nitrogen and oxygen atoms in total. The molecule has 2 aromatic rings. The van der Waals surface area contributed by atoms with E-state index < -0.39 is 12.5 Å². The third-order valence-electron chi connectivity index (χ3n) is 5.84. The van der Waals surface area contributed by atoms with Gasteiger partial charge in [-0.3, -0.25) is 0 Å². The monoisotopic (exact) mass is 459 g/mol. The minimum atomic E-state index is -2.91. The number of nitriles is 1. The first-order valence-corrected chi connectivity index (χ1v) is 11.1. The van der Waals surface area contributed by atoms with Gasteiger partial charge in [0.1, 0.15) is 23.2 Å². The first-order valence-electron chi connectivity index (χ1n) is 11.1. The predicted octanol–water partition coefficient (Wildman–Crippen LogP) is 4.39. The number of rotatable bonds is 9. The Morgan fingerprint density at radius 3 is 2.76 bits per heavy atom. The fourth-order valence-electron chi connectivity index (χ4n) is 3.96. The Balaban J connectivity index is 1.62. The van der Waals surface area contributed by atoms with Gasteiger partial charge >= 0.3 is 0 Å². The van der Waals surface area contributed by atoms with E-state index in [0.717, 1.165) is 25.3 Å². The fourth-order valence-corrected chi connectivity index (χ4v) is 3.96. The van der Waals surface area contributed by atoms with E-state index in [9.17, 15) is 19.1 Å². The van der Waals surface area contributed by atoms with Gasteiger partial charge in [0, 0.05) is 19.5 Å². The van der Waals surface area contributed by atoms with E-state index in [-0.39, 0.29) is 17.6 Å². The van der Waals surface area contributed by atoms with Crippen LogP contribution in [0.25, 0.3) is 0 Å². The van der Waals surface area contributed by atoms with Gasteiger partial charge in [0.15, 0.2) is 6.61 Å². The molecule has 3 rings (SSSR count). The van der Waals surface area contributed by atoms with E-state index >= 15 is 0 Å². The molecule has 0 amide bonds. The first-order chi connectivity index (χ1) is 15.6. The first kappa shape index (κ1) is 24.6. The van der Waals surface area contributed by atoms with Crippen LogP contribution in [0.1, 0.15) is 51.2 Å². The summed E-state index contributed by atoms with van der Waals surface area (Å²) in [6.45, 7) is 4.66. The summed E-state index contributed by atoms with van der Waals surface area (Å²) >= 11 is 0. The summed E-state index contributed by atoms with van der Waals surface area (Å²) in [6, 6.07) is 9.28. The van der Waals surface area contributed by atoms with Crippen molar-refractivity contribution in [3.05, 3.63) is 41.6 Å². The second kappa shape index (κ2) is 10.3. The van der Waals surface area contributed by atoms with Crippen molar-refractivity contribution >= 4 is 11.8 Å². The lowest BCUT2D eigenvalue weighted by Crippen LogP contribution is -2.41. The summed E-state index contributed by atoms with van der Waals surface area (Å²) in [5.74, 6) is -1.66. The fraction of sp³-hybridized carbons (Fsp3) is 0.542. The van der Waals surface area contributed by atoms with Gasteiger partial charge in [0.2, 0.25) is 5.95 Å². The number of nitrogens with zero attached hydrogens (tertiary/aromatic N) is 3. The predicted molar refractivity (Wildman–Crippen MR) is 123 cm³/mol. The number of aliphatic hydroxyl groups is 1.